The molecule has 1 aliphatic carbocycles. The van der Waals surface area contributed by atoms with Crippen LogP contribution < -0.4 is 15.8 Å². The molecule has 0 atom stereocenters. The number of nitrogens with zero attached hydrogens (tertiary/aromatic N) is 5. The fraction of sp³-hybridized carbons (Fsp3) is 0.538. The molecule has 180 valence electrons. The van der Waals surface area contributed by atoms with Gasteiger partial charge in [-0.05, 0) is 43.8 Å². The average molecular weight is 463 g/mol. The fourth-order valence-corrected chi connectivity index (χ4v) is 5.16. The van der Waals surface area contributed by atoms with Crippen molar-refractivity contribution in [1.82, 2.24) is 19.4 Å². The zero-order chi connectivity index (χ0) is 23.7. The predicted molar refractivity (Wildman–Crippen MR) is 137 cm³/mol. The van der Waals surface area contributed by atoms with Crippen LogP contribution in [0, 0.1) is 0 Å². The van der Waals surface area contributed by atoms with Crippen molar-refractivity contribution in [3.05, 3.63) is 34.7 Å². The normalized spacial score (nSPS) is 18.2. The first-order chi connectivity index (χ1) is 16.5. The van der Waals surface area contributed by atoms with Gasteiger partial charge in [0.1, 0.15) is 11.4 Å². The molecule has 2 aromatic heterocycles. The number of hydrogen-bond donors (Lipinski definition) is 1. The second-order valence-electron chi connectivity index (χ2n) is 9.68. The third-order valence-corrected chi connectivity index (χ3v) is 7.30. The standard InChI is InChI=1S/C26H34N6O2/c1-3-4-11-27-26-28-17-23-21-10-7-19(31-14-12-30(2)13-15-31)16-22(21)25(34)32(24(23)29-26)18-5-8-20(33)9-6-18/h7,10,16-18H,3-6,8-9,11-15H2,1-2H3,(H,27,28,29). The Balaban J connectivity index is 1.64. The molecular weight excluding hydrogens is 428 g/mol. The Labute approximate surface area is 200 Å². The van der Waals surface area contributed by atoms with E-state index < -0.39 is 0 Å². The lowest BCUT2D eigenvalue weighted by Crippen LogP contribution is -2.44. The molecule has 5 rings (SSSR count). The number of carbonyl (C=O) groups is 1. The maximum atomic E-state index is 14.0. The van der Waals surface area contributed by atoms with E-state index in [0.717, 1.165) is 62.0 Å². The number of unbranched alkanes of at least 4 members (excludes halogenated alkanes) is 1. The number of ketones is 1. The van der Waals surface area contributed by atoms with Crippen molar-refractivity contribution in [2.75, 3.05) is 50.0 Å². The first kappa shape index (κ1) is 22.8. The SMILES string of the molecule is CCCCNc1ncc2c3ccc(N4CCN(C)CC4)cc3c(=O)n(C3CCC(=O)CC3)c2n1. The van der Waals surface area contributed by atoms with Gasteiger partial charge in [0.25, 0.3) is 5.56 Å². The van der Waals surface area contributed by atoms with Gasteiger partial charge in [0.2, 0.25) is 5.95 Å². The molecule has 1 saturated heterocycles. The molecule has 2 fully saturated rings. The summed E-state index contributed by atoms with van der Waals surface area (Å²) >= 11 is 0. The molecular formula is C26H34N6O2. The maximum absolute atomic E-state index is 14.0. The summed E-state index contributed by atoms with van der Waals surface area (Å²) in [6, 6.07) is 6.18. The molecule has 8 nitrogen and oxygen atoms in total. The van der Waals surface area contributed by atoms with Crippen molar-refractivity contribution < 1.29 is 4.79 Å². The number of aromatic nitrogens is 3. The van der Waals surface area contributed by atoms with Crippen molar-refractivity contribution in [3.63, 3.8) is 0 Å². The summed E-state index contributed by atoms with van der Waals surface area (Å²) in [6.07, 6.45) is 6.36. The van der Waals surface area contributed by atoms with Gasteiger partial charge in [0, 0.05) is 68.9 Å². The number of likely N-dealkylation sites (N-methyl/N-ethyl adjacent to an activating group) is 1. The lowest BCUT2D eigenvalue weighted by Gasteiger charge is -2.34. The van der Waals surface area contributed by atoms with E-state index in [1.54, 1.807) is 0 Å². The highest BCUT2D eigenvalue weighted by Gasteiger charge is 2.25. The van der Waals surface area contributed by atoms with Crippen molar-refractivity contribution in [2.45, 2.75) is 51.5 Å². The summed E-state index contributed by atoms with van der Waals surface area (Å²) in [6.45, 7) is 6.87. The van der Waals surface area contributed by atoms with Gasteiger partial charge in [-0.3, -0.25) is 14.2 Å². The number of fused-ring (bicyclic) bond motifs is 3. The molecule has 1 aromatic carbocycles. The second kappa shape index (κ2) is 9.70. The molecule has 1 aliphatic heterocycles. The van der Waals surface area contributed by atoms with Gasteiger partial charge in [-0.15, -0.1) is 0 Å². The van der Waals surface area contributed by atoms with Gasteiger partial charge in [0.05, 0.1) is 5.39 Å². The van der Waals surface area contributed by atoms with E-state index in [9.17, 15) is 9.59 Å². The molecule has 0 bridgehead atoms. The van der Waals surface area contributed by atoms with Gasteiger partial charge < -0.3 is 15.1 Å². The van der Waals surface area contributed by atoms with Crippen molar-refractivity contribution in [1.29, 1.82) is 0 Å². The molecule has 0 spiro atoms. The number of nitrogens with one attached hydrogen (secondary N) is 1. The lowest BCUT2D eigenvalue weighted by atomic mass is 9.93. The first-order valence-electron chi connectivity index (χ1n) is 12.6. The largest absolute Gasteiger partial charge is 0.369 e. The first-order valence-corrected chi connectivity index (χ1v) is 12.6. The highest BCUT2D eigenvalue weighted by atomic mass is 16.1. The Kier molecular flexibility index (Phi) is 6.50. The average Bonchev–Trinajstić information content (AvgIpc) is 2.85. The second-order valence-corrected chi connectivity index (χ2v) is 9.68. The molecule has 3 aromatic rings. The minimum absolute atomic E-state index is 0.0176. The van der Waals surface area contributed by atoms with E-state index in [2.05, 4.69) is 46.2 Å². The Morgan fingerprint density at radius 3 is 2.53 bits per heavy atom. The third kappa shape index (κ3) is 4.39. The predicted octanol–water partition coefficient (Wildman–Crippen LogP) is 3.59. The number of anilines is 2. The van der Waals surface area contributed by atoms with Crippen LogP contribution in [0.5, 0.6) is 0 Å². The number of rotatable bonds is 6. The molecule has 0 amide bonds. The van der Waals surface area contributed by atoms with Gasteiger partial charge in [-0.1, -0.05) is 19.4 Å². The third-order valence-electron chi connectivity index (χ3n) is 7.30. The van der Waals surface area contributed by atoms with E-state index in [0.29, 0.717) is 42.7 Å². The molecule has 0 radical (unpaired) electrons. The van der Waals surface area contributed by atoms with E-state index in [1.807, 2.05) is 16.8 Å². The minimum Gasteiger partial charge on any atom is -0.369 e. The highest BCUT2D eigenvalue weighted by Crippen LogP contribution is 2.32. The van der Waals surface area contributed by atoms with Crippen LogP contribution in [0.15, 0.2) is 29.2 Å². The number of Topliss-reactive ketones (excluding diaryl/α,β-unsaturated/α-hetero) is 1. The number of hydrogen-bond acceptors (Lipinski definition) is 7. The highest BCUT2D eigenvalue weighted by molar-refractivity contribution is 6.05. The summed E-state index contributed by atoms with van der Waals surface area (Å²) in [4.78, 5) is 39.9. The Hall–Kier alpha value is -3.00. The summed E-state index contributed by atoms with van der Waals surface area (Å²) < 4.78 is 1.85. The van der Waals surface area contributed by atoms with Crippen LogP contribution in [0.25, 0.3) is 21.8 Å². The summed E-state index contributed by atoms with van der Waals surface area (Å²) in [7, 11) is 2.14. The fourth-order valence-electron chi connectivity index (χ4n) is 5.16. The van der Waals surface area contributed by atoms with Crippen LogP contribution in [0.1, 0.15) is 51.5 Å². The van der Waals surface area contributed by atoms with E-state index in [-0.39, 0.29) is 17.4 Å². The molecule has 0 unspecified atom stereocenters. The molecule has 8 heteroatoms. The minimum atomic E-state index is -0.0252. The Morgan fingerprint density at radius 2 is 1.79 bits per heavy atom. The van der Waals surface area contributed by atoms with Crippen LogP contribution in [-0.4, -0.2) is 65.0 Å². The molecule has 1 N–H and O–H groups in total. The van der Waals surface area contributed by atoms with Crippen molar-refractivity contribution >= 4 is 39.2 Å². The van der Waals surface area contributed by atoms with Crippen LogP contribution in [0.3, 0.4) is 0 Å². The quantitative estimate of drug-likeness (QED) is 0.443. The smallest absolute Gasteiger partial charge is 0.260 e. The van der Waals surface area contributed by atoms with Gasteiger partial charge in [-0.2, -0.15) is 4.98 Å². The Morgan fingerprint density at radius 1 is 1.03 bits per heavy atom. The number of pyridine rings is 1. The molecule has 2 aliphatic rings. The zero-order valence-electron chi connectivity index (χ0n) is 20.2. The van der Waals surface area contributed by atoms with E-state index in [1.165, 1.54) is 0 Å². The Bertz CT molecular complexity index is 1250. The van der Waals surface area contributed by atoms with E-state index >= 15 is 0 Å². The number of carbonyl (C=O) groups excluding carboxylic acids is 1. The summed E-state index contributed by atoms with van der Waals surface area (Å²) in [5.74, 6) is 0.831. The van der Waals surface area contributed by atoms with Crippen molar-refractivity contribution in [3.8, 4) is 0 Å². The lowest BCUT2D eigenvalue weighted by molar-refractivity contribution is -0.120. The van der Waals surface area contributed by atoms with Crippen LogP contribution in [0.4, 0.5) is 11.6 Å². The summed E-state index contributed by atoms with van der Waals surface area (Å²) in [5, 5.41) is 5.78. The number of piperazine rings is 1. The van der Waals surface area contributed by atoms with Gasteiger partial charge in [0.15, 0.2) is 0 Å². The van der Waals surface area contributed by atoms with Crippen LogP contribution in [0.2, 0.25) is 0 Å². The maximum Gasteiger partial charge on any atom is 0.260 e. The monoisotopic (exact) mass is 462 g/mol. The summed E-state index contributed by atoms with van der Waals surface area (Å²) in [5.41, 5.74) is 1.73. The number of benzene rings is 1. The van der Waals surface area contributed by atoms with Gasteiger partial charge in [-0.25, -0.2) is 4.98 Å². The van der Waals surface area contributed by atoms with E-state index in [4.69, 9.17) is 4.98 Å². The van der Waals surface area contributed by atoms with Gasteiger partial charge >= 0.3 is 0 Å². The molecule has 3 heterocycles. The van der Waals surface area contributed by atoms with Crippen LogP contribution >= 0.6 is 0 Å². The zero-order valence-corrected chi connectivity index (χ0v) is 20.2. The topological polar surface area (TPSA) is 83.4 Å². The van der Waals surface area contributed by atoms with Crippen LogP contribution in [-0.2, 0) is 4.79 Å². The van der Waals surface area contributed by atoms with Crippen molar-refractivity contribution in [2.24, 2.45) is 0 Å². The molecule has 1 saturated carbocycles. The molecule has 34 heavy (non-hydrogen) atoms.